The Hall–Kier alpha value is -4.38. The molecule has 4 rings (SSSR count). The van der Waals surface area contributed by atoms with E-state index in [2.05, 4.69) is 21.9 Å². The van der Waals surface area contributed by atoms with Gasteiger partial charge in [-0.05, 0) is 48.9 Å². The van der Waals surface area contributed by atoms with Gasteiger partial charge in [-0.1, -0.05) is 12.1 Å². The molecule has 0 aliphatic rings. The van der Waals surface area contributed by atoms with Crippen LogP contribution in [0.25, 0.3) is 22.9 Å². The number of carbonyl (C=O) groups excluding carboxylic acids is 1. The van der Waals surface area contributed by atoms with Crippen molar-refractivity contribution in [3.05, 3.63) is 80.8 Å². The Morgan fingerprint density at radius 1 is 1.21 bits per heavy atom. The van der Waals surface area contributed by atoms with E-state index in [0.29, 0.717) is 39.1 Å². The molecule has 0 aliphatic heterocycles. The smallest absolute Gasteiger partial charge is 0.269 e. The highest BCUT2D eigenvalue weighted by atomic mass is 16.2. The molecule has 4 N–H and O–H groups in total. The van der Waals surface area contributed by atoms with E-state index in [1.807, 2.05) is 6.07 Å². The van der Waals surface area contributed by atoms with Crippen LogP contribution in [0.4, 0.5) is 5.69 Å². The number of nitrogens with zero attached hydrogens (tertiary/aromatic N) is 3. The number of imidazole rings is 1. The van der Waals surface area contributed by atoms with E-state index in [4.69, 9.17) is 5.73 Å². The normalized spacial score (nSPS) is 11.5. The average Bonchev–Trinajstić information content (AvgIpc) is 3.10. The molecule has 0 unspecified atom stereocenters. The highest BCUT2D eigenvalue weighted by Crippen LogP contribution is 2.17. The van der Waals surface area contributed by atoms with Gasteiger partial charge < -0.3 is 11.2 Å². The van der Waals surface area contributed by atoms with Crippen molar-refractivity contribution in [1.29, 1.82) is 5.26 Å². The van der Waals surface area contributed by atoms with Crippen LogP contribution in [0.3, 0.4) is 0 Å². The summed E-state index contributed by atoms with van der Waals surface area (Å²) in [4.78, 5) is 29.7. The Morgan fingerprint density at radius 2 is 1.93 bits per heavy atom. The van der Waals surface area contributed by atoms with Crippen molar-refractivity contribution in [2.75, 3.05) is 5.73 Å². The number of hydrogen-bond donors (Lipinski definition) is 3. The zero-order chi connectivity index (χ0) is 20.5. The lowest BCUT2D eigenvalue weighted by atomic mass is 10.1. The molecule has 8 heteroatoms. The lowest BCUT2D eigenvalue weighted by Gasteiger charge is -2.06. The molecule has 0 saturated carbocycles. The first kappa shape index (κ1) is 18.0. The second kappa shape index (κ2) is 6.98. The van der Waals surface area contributed by atoms with E-state index in [-0.39, 0.29) is 16.7 Å². The Morgan fingerprint density at radius 3 is 2.66 bits per heavy atom. The third-order valence-corrected chi connectivity index (χ3v) is 4.68. The first-order valence-electron chi connectivity index (χ1n) is 8.76. The largest absolute Gasteiger partial charge is 0.399 e. The second-order valence-electron chi connectivity index (χ2n) is 6.45. The van der Waals surface area contributed by atoms with Crippen molar-refractivity contribution in [2.45, 2.75) is 6.92 Å². The maximum absolute atomic E-state index is 13.1. The molecule has 1 amide bonds. The predicted octanol–water partition coefficient (Wildman–Crippen LogP) is 1.00. The Balaban J connectivity index is 1.78. The fourth-order valence-electron chi connectivity index (χ4n) is 3.17. The number of nitrogens with one attached hydrogen (secondary N) is 2. The number of nitrogen functional groups attached to an aromatic ring is 1. The summed E-state index contributed by atoms with van der Waals surface area (Å²) < 4.78 is 1.41. The van der Waals surface area contributed by atoms with Gasteiger partial charge in [0.2, 0.25) is 0 Å². The fraction of sp³-hybridized carbons (Fsp3) is 0.0476. The lowest BCUT2D eigenvalue weighted by Crippen LogP contribution is -2.40. The number of hydrogen-bond acceptors (Lipinski definition) is 6. The Kier molecular flexibility index (Phi) is 4.33. The minimum atomic E-state index is -0.388. The van der Waals surface area contributed by atoms with E-state index in [1.165, 1.54) is 10.6 Å². The highest BCUT2D eigenvalue weighted by Gasteiger charge is 2.16. The summed E-state index contributed by atoms with van der Waals surface area (Å²) in [6.45, 7) is 1.68. The standard InChI is InChI=1S/C21H16N6O2/c1-12-15(10-22)19-25-17-4-2-3-5-18(17)27(19)21(29)16(12)11-24-26-20(28)13-6-8-14(23)9-7-13/h2-9,11,24H,23H2,1H3,(H,26,28). The van der Waals surface area contributed by atoms with Gasteiger partial charge in [0.25, 0.3) is 11.5 Å². The third-order valence-electron chi connectivity index (χ3n) is 4.68. The molecule has 0 spiro atoms. The summed E-state index contributed by atoms with van der Waals surface area (Å²) in [5.74, 6) is -0.388. The van der Waals surface area contributed by atoms with Crippen LogP contribution in [0, 0.1) is 18.3 Å². The SMILES string of the molecule is Cc1c(C#N)c2nc3ccccc3n2c(=O)c1=CNNC(=O)c1ccc(N)cc1. The highest BCUT2D eigenvalue weighted by molar-refractivity contribution is 5.94. The quantitative estimate of drug-likeness (QED) is 0.357. The molecule has 0 saturated heterocycles. The van der Waals surface area contributed by atoms with Crippen LogP contribution < -0.4 is 27.4 Å². The van der Waals surface area contributed by atoms with Gasteiger partial charge >= 0.3 is 0 Å². The number of nitriles is 1. The first-order chi connectivity index (χ1) is 14.0. The van der Waals surface area contributed by atoms with Crippen molar-refractivity contribution in [3.63, 3.8) is 0 Å². The average molecular weight is 384 g/mol. The number of anilines is 1. The van der Waals surface area contributed by atoms with Crippen molar-refractivity contribution < 1.29 is 4.79 Å². The van der Waals surface area contributed by atoms with Gasteiger partial charge in [-0.25, -0.2) is 4.98 Å². The van der Waals surface area contributed by atoms with Crippen LogP contribution in [-0.4, -0.2) is 15.3 Å². The summed E-state index contributed by atoms with van der Waals surface area (Å²) in [6, 6.07) is 15.7. The van der Waals surface area contributed by atoms with Gasteiger partial charge in [-0.15, -0.1) is 0 Å². The molecular formula is C21H16N6O2. The lowest BCUT2D eigenvalue weighted by molar-refractivity contribution is 0.0943. The number of rotatable bonds is 3. The molecule has 2 aromatic carbocycles. The minimum Gasteiger partial charge on any atom is -0.399 e. The molecule has 29 heavy (non-hydrogen) atoms. The maximum atomic E-state index is 13.1. The molecule has 0 fully saturated rings. The van der Waals surface area contributed by atoms with E-state index >= 15 is 0 Å². The third kappa shape index (κ3) is 3.00. The van der Waals surface area contributed by atoms with Crippen molar-refractivity contribution >= 4 is 34.5 Å². The summed E-state index contributed by atoms with van der Waals surface area (Å²) in [5.41, 5.74) is 13.8. The number of hydrazine groups is 1. The van der Waals surface area contributed by atoms with Crippen LogP contribution >= 0.6 is 0 Å². The summed E-state index contributed by atoms with van der Waals surface area (Å²) >= 11 is 0. The van der Waals surface area contributed by atoms with Crippen molar-refractivity contribution in [1.82, 2.24) is 20.2 Å². The molecule has 0 radical (unpaired) electrons. The number of fused-ring (bicyclic) bond motifs is 3. The number of carbonyl (C=O) groups is 1. The number of amides is 1. The zero-order valence-electron chi connectivity index (χ0n) is 15.4. The van der Waals surface area contributed by atoms with Gasteiger partial charge in [0.1, 0.15) is 6.07 Å². The molecule has 4 aromatic rings. The molecule has 0 bridgehead atoms. The number of pyridine rings is 1. The van der Waals surface area contributed by atoms with E-state index in [9.17, 15) is 14.9 Å². The number of aromatic nitrogens is 2. The van der Waals surface area contributed by atoms with Gasteiger partial charge in [-0.2, -0.15) is 5.26 Å². The Labute approximate surface area is 164 Å². The molecule has 2 aromatic heterocycles. The minimum absolute atomic E-state index is 0.259. The molecule has 142 valence electrons. The van der Waals surface area contributed by atoms with Gasteiger partial charge in [0.05, 0.1) is 21.8 Å². The predicted molar refractivity (Wildman–Crippen MR) is 110 cm³/mol. The molecule has 2 heterocycles. The Bertz CT molecular complexity index is 1410. The van der Waals surface area contributed by atoms with Crippen molar-refractivity contribution in [2.24, 2.45) is 0 Å². The monoisotopic (exact) mass is 384 g/mol. The van der Waals surface area contributed by atoms with E-state index in [1.54, 1.807) is 49.4 Å². The van der Waals surface area contributed by atoms with Crippen LogP contribution in [0.2, 0.25) is 0 Å². The zero-order valence-corrected chi connectivity index (χ0v) is 15.4. The summed E-state index contributed by atoms with van der Waals surface area (Å²) in [7, 11) is 0. The van der Waals surface area contributed by atoms with Crippen LogP contribution in [0.1, 0.15) is 21.5 Å². The van der Waals surface area contributed by atoms with E-state index < -0.39 is 0 Å². The first-order valence-corrected chi connectivity index (χ1v) is 8.76. The molecule has 0 aliphatic carbocycles. The fourth-order valence-corrected chi connectivity index (χ4v) is 3.17. The van der Waals surface area contributed by atoms with Crippen molar-refractivity contribution in [3.8, 4) is 6.07 Å². The molecular weight excluding hydrogens is 368 g/mol. The van der Waals surface area contributed by atoms with Crippen LogP contribution in [-0.2, 0) is 0 Å². The molecule has 0 atom stereocenters. The molecule has 8 nitrogen and oxygen atoms in total. The van der Waals surface area contributed by atoms with Gasteiger partial charge in [0, 0.05) is 17.5 Å². The second-order valence-corrected chi connectivity index (χ2v) is 6.45. The van der Waals surface area contributed by atoms with Gasteiger partial charge in [0.15, 0.2) is 5.65 Å². The number of para-hydroxylation sites is 2. The van der Waals surface area contributed by atoms with E-state index in [0.717, 1.165) is 0 Å². The van der Waals surface area contributed by atoms with Crippen LogP contribution in [0.5, 0.6) is 0 Å². The summed E-state index contributed by atoms with van der Waals surface area (Å²) in [6.07, 6.45) is 1.38. The maximum Gasteiger partial charge on any atom is 0.269 e. The topological polar surface area (TPSA) is 125 Å². The summed E-state index contributed by atoms with van der Waals surface area (Å²) in [5, 5.41) is 9.88. The van der Waals surface area contributed by atoms with Crippen LogP contribution in [0.15, 0.2) is 53.3 Å². The van der Waals surface area contributed by atoms with Gasteiger partial charge in [-0.3, -0.25) is 19.4 Å². The number of benzene rings is 2. The number of nitrogens with two attached hydrogens (primary N) is 1.